The number of nitrogens with zero attached hydrogens (tertiary/aromatic N) is 3. The molecule has 3 unspecified atom stereocenters. The molecule has 3 aliphatic heterocycles. The lowest BCUT2D eigenvalue weighted by Crippen LogP contribution is -2.48. The molecular formula is C58H74N6O3. The molecule has 0 spiro atoms. The number of carbonyl (C=O) groups is 3. The molecule has 9 heteroatoms. The quantitative estimate of drug-likeness (QED) is 0.151. The van der Waals surface area contributed by atoms with E-state index < -0.39 is 0 Å². The molecule has 0 radical (unpaired) electrons. The van der Waals surface area contributed by atoms with Crippen LogP contribution in [0.2, 0.25) is 0 Å². The van der Waals surface area contributed by atoms with Gasteiger partial charge >= 0.3 is 0 Å². The predicted molar refractivity (Wildman–Crippen MR) is 273 cm³/mol. The van der Waals surface area contributed by atoms with Crippen molar-refractivity contribution >= 4 is 23.4 Å². The fourth-order valence-corrected chi connectivity index (χ4v) is 11.1. The first-order valence-corrected chi connectivity index (χ1v) is 24.4. The van der Waals surface area contributed by atoms with Gasteiger partial charge < -0.3 is 30.7 Å². The third-order valence-electron chi connectivity index (χ3n) is 14.5. The summed E-state index contributed by atoms with van der Waals surface area (Å²) in [4.78, 5) is 45.4. The molecule has 3 amide bonds. The zero-order valence-corrected chi connectivity index (χ0v) is 41.4. The molecule has 354 valence electrons. The molecule has 3 atom stereocenters. The van der Waals surface area contributed by atoms with Gasteiger partial charge in [-0.25, -0.2) is 0 Å². The minimum Gasteiger partial charge on any atom is -0.337 e. The summed E-state index contributed by atoms with van der Waals surface area (Å²) < 4.78 is 0. The third kappa shape index (κ3) is 10.8. The fourth-order valence-electron chi connectivity index (χ4n) is 11.1. The Morgan fingerprint density at radius 2 is 0.866 bits per heavy atom. The number of carbonyl (C=O) groups excluding carboxylic acids is 3. The normalized spacial score (nSPS) is 22.0. The van der Waals surface area contributed by atoms with Crippen molar-refractivity contribution in [2.75, 3.05) is 45.7 Å². The lowest BCUT2D eigenvalue weighted by molar-refractivity contribution is -0.137. The van der Waals surface area contributed by atoms with Gasteiger partial charge in [0, 0.05) is 54.2 Å². The van der Waals surface area contributed by atoms with E-state index in [1.54, 1.807) is 0 Å². The van der Waals surface area contributed by atoms with Crippen molar-refractivity contribution in [3.63, 3.8) is 0 Å². The van der Waals surface area contributed by atoms with E-state index >= 15 is 0 Å². The van der Waals surface area contributed by atoms with Crippen molar-refractivity contribution in [2.24, 2.45) is 0 Å². The Balaban J connectivity index is 0.000000149. The van der Waals surface area contributed by atoms with Gasteiger partial charge in [0.05, 0.1) is 0 Å². The largest absolute Gasteiger partial charge is 0.337 e. The Labute approximate surface area is 400 Å². The van der Waals surface area contributed by atoms with E-state index in [-0.39, 0.29) is 52.1 Å². The van der Waals surface area contributed by atoms with Crippen LogP contribution >= 0.6 is 0 Å². The van der Waals surface area contributed by atoms with E-state index in [9.17, 15) is 14.4 Å². The Kier molecular flexibility index (Phi) is 15.6. The van der Waals surface area contributed by atoms with Crippen LogP contribution in [0.5, 0.6) is 0 Å². The summed E-state index contributed by atoms with van der Waals surface area (Å²) in [6.45, 7) is 16.2. The number of anilines is 1. The number of fused-ring (bicyclic) bond motifs is 3. The molecule has 3 heterocycles. The van der Waals surface area contributed by atoms with Crippen LogP contribution in [0.1, 0.15) is 131 Å². The van der Waals surface area contributed by atoms with Gasteiger partial charge in [0.2, 0.25) is 17.7 Å². The molecule has 1 saturated carbocycles. The average Bonchev–Trinajstić information content (AvgIpc) is 3.53. The van der Waals surface area contributed by atoms with Crippen LogP contribution < -0.4 is 20.9 Å². The Bertz CT molecular complexity index is 2460. The first-order valence-electron chi connectivity index (χ1n) is 24.4. The van der Waals surface area contributed by atoms with Gasteiger partial charge in [-0.2, -0.15) is 0 Å². The molecule has 9 rings (SSSR count). The van der Waals surface area contributed by atoms with E-state index in [1.165, 1.54) is 36.0 Å². The summed E-state index contributed by atoms with van der Waals surface area (Å²) >= 11 is 0. The zero-order valence-electron chi connectivity index (χ0n) is 41.4. The minimum absolute atomic E-state index is 0.00466. The lowest BCUT2D eigenvalue weighted by atomic mass is 9.81. The average molecular weight is 903 g/mol. The molecule has 9 nitrogen and oxygen atoms in total. The van der Waals surface area contributed by atoms with Crippen molar-refractivity contribution in [3.05, 3.63) is 172 Å². The third-order valence-corrected chi connectivity index (χ3v) is 14.5. The number of hydrogen-bond donors (Lipinski definition) is 3. The molecule has 0 aromatic heterocycles. The number of likely N-dealkylation sites (N-methyl/N-ethyl adjacent to an activating group) is 3. The summed E-state index contributed by atoms with van der Waals surface area (Å²) in [5.41, 5.74) is 9.06. The second-order valence-corrected chi connectivity index (χ2v) is 20.8. The number of para-hydroxylation sites is 1. The highest BCUT2D eigenvalue weighted by Gasteiger charge is 2.42. The molecule has 1 fully saturated rings. The first kappa shape index (κ1) is 49.3. The van der Waals surface area contributed by atoms with Crippen molar-refractivity contribution < 1.29 is 14.4 Å². The van der Waals surface area contributed by atoms with Gasteiger partial charge in [-0.05, 0) is 85.1 Å². The highest BCUT2D eigenvalue weighted by Crippen LogP contribution is 2.40. The van der Waals surface area contributed by atoms with Gasteiger partial charge in [-0.3, -0.25) is 14.4 Å². The first-order chi connectivity index (χ1) is 32.1. The smallest absolute Gasteiger partial charge is 0.248 e. The van der Waals surface area contributed by atoms with Crippen molar-refractivity contribution in [1.29, 1.82) is 0 Å². The van der Waals surface area contributed by atoms with Crippen LogP contribution in [0.3, 0.4) is 0 Å². The predicted octanol–water partition coefficient (Wildman–Crippen LogP) is 9.94. The standard InChI is InChI=1S/C20H24N2O.C19H28N2O.C19H22N2O/c1-20(2)14-22(13-15-9-5-4-6-10-15)19(23)18(21-3)16-11-7-8-12-17(16)20;2*1-19(2)13-21(14-9-5-4-6-10-14)18(22)17(20-3)15-11-7-8-12-16(15)19/h4-12,18,21H,13-14H2,1-3H3;7-8,11-12,14,17,20H,4-6,9-10,13H2,1-3H3;4-12,17,20H,13H2,1-3H3. The Morgan fingerprint density at radius 1 is 0.463 bits per heavy atom. The van der Waals surface area contributed by atoms with Crippen LogP contribution in [0, 0.1) is 0 Å². The Morgan fingerprint density at radius 3 is 1.36 bits per heavy atom. The summed E-state index contributed by atoms with van der Waals surface area (Å²) in [7, 11) is 5.61. The van der Waals surface area contributed by atoms with Crippen LogP contribution in [0.4, 0.5) is 5.69 Å². The lowest BCUT2D eigenvalue weighted by Gasteiger charge is -2.38. The van der Waals surface area contributed by atoms with Gasteiger partial charge in [-0.1, -0.05) is 182 Å². The second kappa shape index (κ2) is 21.1. The van der Waals surface area contributed by atoms with E-state index in [4.69, 9.17) is 0 Å². The van der Waals surface area contributed by atoms with Crippen LogP contribution in [0.15, 0.2) is 133 Å². The van der Waals surface area contributed by atoms with E-state index in [1.807, 2.05) is 97.7 Å². The highest BCUT2D eigenvalue weighted by atomic mass is 16.2. The SMILES string of the molecule is CNC1C(=O)N(C2CCCCC2)CC(C)(C)c2ccccc21.CNC1C(=O)N(Cc2ccccc2)CC(C)(C)c2ccccc21.CNC1C(=O)N(c2ccccc2)CC(C)(C)c2ccccc21. The van der Waals surface area contributed by atoms with Crippen LogP contribution in [0.25, 0.3) is 0 Å². The summed E-state index contributed by atoms with van der Waals surface area (Å²) in [5.74, 6) is 0.508. The van der Waals surface area contributed by atoms with Crippen molar-refractivity contribution in [2.45, 2.75) is 121 Å². The number of hydrogen-bond acceptors (Lipinski definition) is 6. The maximum atomic E-state index is 13.2. The second-order valence-electron chi connectivity index (χ2n) is 20.8. The van der Waals surface area contributed by atoms with Gasteiger partial charge in [-0.15, -0.1) is 0 Å². The summed E-state index contributed by atoms with van der Waals surface area (Å²) in [6.07, 6.45) is 6.15. The monoisotopic (exact) mass is 903 g/mol. The fraction of sp³-hybridized carbons (Fsp3) is 0.431. The number of amides is 3. The molecule has 1 aliphatic carbocycles. The molecule has 0 saturated heterocycles. The Hall–Kier alpha value is -5.61. The summed E-state index contributed by atoms with van der Waals surface area (Å²) in [5, 5.41) is 9.67. The van der Waals surface area contributed by atoms with Gasteiger partial charge in [0.15, 0.2) is 0 Å². The number of nitrogens with one attached hydrogen (secondary N) is 3. The maximum Gasteiger partial charge on any atom is 0.248 e. The minimum atomic E-state index is -0.307. The molecule has 5 aromatic carbocycles. The van der Waals surface area contributed by atoms with Crippen molar-refractivity contribution in [3.8, 4) is 0 Å². The molecule has 0 bridgehead atoms. The number of benzene rings is 5. The molecular weight excluding hydrogens is 829 g/mol. The number of rotatable bonds is 7. The van der Waals surface area contributed by atoms with Gasteiger partial charge in [0.1, 0.15) is 18.1 Å². The molecule has 5 aromatic rings. The molecule has 67 heavy (non-hydrogen) atoms. The van der Waals surface area contributed by atoms with Crippen LogP contribution in [-0.4, -0.2) is 74.3 Å². The maximum absolute atomic E-state index is 13.2. The summed E-state index contributed by atoms with van der Waals surface area (Å²) in [6, 6.07) is 44.7. The van der Waals surface area contributed by atoms with Crippen LogP contribution in [-0.2, 0) is 37.2 Å². The van der Waals surface area contributed by atoms with Gasteiger partial charge in [0.25, 0.3) is 0 Å². The van der Waals surface area contributed by atoms with E-state index in [0.29, 0.717) is 19.1 Å². The molecule has 3 N–H and O–H groups in total. The topological polar surface area (TPSA) is 97.0 Å². The highest BCUT2D eigenvalue weighted by molar-refractivity contribution is 5.99. The van der Waals surface area contributed by atoms with Crippen molar-refractivity contribution in [1.82, 2.24) is 25.8 Å². The molecule has 4 aliphatic rings. The zero-order chi connectivity index (χ0) is 47.9. The van der Waals surface area contributed by atoms with E-state index in [0.717, 1.165) is 53.9 Å². The van der Waals surface area contributed by atoms with E-state index in [2.05, 4.69) is 129 Å².